The van der Waals surface area contributed by atoms with Gasteiger partial charge in [0.05, 0.1) is 18.3 Å². The van der Waals surface area contributed by atoms with E-state index in [4.69, 9.17) is 25.7 Å². The van der Waals surface area contributed by atoms with Gasteiger partial charge in [0.2, 0.25) is 11.8 Å². The average Bonchev–Trinajstić information content (AvgIpc) is 3.53. The predicted molar refractivity (Wildman–Crippen MR) is 121 cm³/mol. The van der Waals surface area contributed by atoms with Gasteiger partial charge in [-0.2, -0.15) is 0 Å². The molecule has 166 valence electrons. The monoisotopic (exact) mass is 452 g/mol. The van der Waals surface area contributed by atoms with E-state index in [1.165, 1.54) is 6.39 Å². The third-order valence-electron chi connectivity index (χ3n) is 5.22. The van der Waals surface area contributed by atoms with Crippen LogP contribution in [0.25, 0.3) is 11.3 Å². The molecule has 9 nitrogen and oxygen atoms in total. The molecule has 0 aliphatic carbocycles. The molecule has 0 saturated carbocycles. The first-order chi connectivity index (χ1) is 15.3. The number of thiazole rings is 1. The first-order valence-electron chi connectivity index (χ1n) is 10.2. The molecule has 1 aliphatic rings. The number of carbonyl (C=O) groups is 1. The number of ether oxygens (including phenoxy) is 1. The number of nitrogens with one attached hydrogen (secondary N) is 2. The molecule has 0 radical (unpaired) electrons. The number of aryl methyl sites for hydroxylation is 1. The van der Waals surface area contributed by atoms with E-state index in [0.717, 1.165) is 23.5 Å². The van der Waals surface area contributed by atoms with Crippen LogP contribution in [0.4, 0.5) is 0 Å². The summed E-state index contributed by atoms with van der Waals surface area (Å²) in [5.74, 6) is -0.189. The Bertz CT molecular complexity index is 1150. The molecule has 3 heterocycles. The molecule has 0 unspecified atom stereocenters. The van der Waals surface area contributed by atoms with Crippen molar-refractivity contribution in [2.24, 2.45) is 5.73 Å². The Morgan fingerprint density at radius 3 is 2.78 bits per heavy atom. The van der Waals surface area contributed by atoms with E-state index in [1.807, 2.05) is 17.2 Å². The number of amides is 1. The largest absolute Gasteiger partial charge is 0.444 e. The van der Waals surface area contributed by atoms with Crippen LogP contribution in [-0.4, -0.2) is 45.2 Å². The van der Waals surface area contributed by atoms with Crippen LogP contribution in [-0.2, 0) is 4.74 Å². The Morgan fingerprint density at radius 2 is 2.12 bits per heavy atom. The minimum Gasteiger partial charge on any atom is -0.444 e. The summed E-state index contributed by atoms with van der Waals surface area (Å²) in [7, 11) is 0. The highest BCUT2D eigenvalue weighted by atomic mass is 32.1. The van der Waals surface area contributed by atoms with Gasteiger partial charge in [-0.1, -0.05) is 0 Å². The molecule has 3 aromatic rings. The summed E-state index contributed by atoms with van der Waals surface area (Å²) in [6, 6.07) is 4.27. The lowest BCUT2D eigenvalue weighted by atomic mass is 10.0. The average molecular weight is 453 g/mol. The molecule has 1 aromatic carbocycles. The van der Waals surface area contributed by atoms with Gasteiger partial charge in [0.15, 0.2) is 12.2 Å². The number of carbonyl (C=O) groups excluding carboxylic acids is 1. The Balaban J connectivity index is 1.69. The quantitative estimate of drug-likeness (QED) is 0.397. The van der Waals surface area contributed by atoms with Crippen LogP contribution in [0.5, 0.6) is 0 Å². The zero-order valence-electron chi connectivity index (χ0n) is 17.8. The highest BCUT2D eigenvalue weighted by molar-refractivity contribution is 7.09. The summed E-state index contributed by atoms with van der Waals surface area (Å²) in [5, 5.41) is 19.0. The van der Waals surface area contributed by atoms with Gasteiger partial charge >= 0.3 is 0 Å². The van der Waals surface area contributed by atoms with Gasteiger partial charge in [0, 0.05) is 34.3 Å². The molecule has 4 N–H and O–H groups in total. The van der Waals surface area contributed by atoms with Crippen LogP contribution in [0.2, 0.25) is 0 Å². The summed E-state index contributed by atoms with van der Waals surface area (Å²) < 4.78 is 10.7. The second kappa shape index (κ2) is 9.01. The summed E-state index contributed by atoms with van der Waals surface area (Å²) in [4.78, 5) is 23.9. The molecule has 32 heavy (non-hydrogen) atoms. The molecule has 1 amide bonds. The number of hydrogen-bond donors (Lipinski definition) is 3. The molecular formula is C22H24N6O3S. The highest BCUT2D eigenvalue weighted by Gasteiger charge is 2.33. The van der Waals surface area contributed by atoms with Gasteiger partial charge in [-0.25, -0.2) is 9.97 Å². The van der Waals surface area contributed by atoms with Gasteiger partial charge in [0.25, 0.3) is 5.91 Å². The Hall–Kier alpha value is -3.37. The van der Waals surface area contributed by atoms with Crippen LogP contribution in [0, 0.1) is 17.7 Å². The minimum absolute atomic E-state index is 0.0689. The maximum Gasteiger partial charge on any atom is 0.254 e. The summed E-state index contributed by atoms with van der Waals surface area (Å²) in [6.07, 6.45) is 4.60. The third-order valence-corrected chi connectivity index (χ3v) is 6.28. The maximum absolute atomic E-state index is 13.5. The number of nitrogens with two attached hydrogens (primary N) is 1. The van der Waals surface area contributed by atoms with E-state index in [0.29, 0.717) is 29.0 Å². The van der Waals surface area contributed by atoms with Gasteiger partial charge in [-0.15, -0.1) is 11.3 Å². The molecule has 0 bridgehead atoms. The number of benzene rings is 1. The Kier molecular flexibility index (Phi) is 6.15. The van der Waals surface area contributed by atoms with Crippen molar-refractivity contribution < 1.29 is 13.9 Å². The number of oxazole rings is 1. The highest BCUT2D eigenvalue weighted by Crippen LogP contribution is 2.35. The minimum atomic E-state index is -0.652. The number of aromatic nitrogens is 2. The molecule has 2 atom stereocenters. The number of hydrogen-bond acceptors (Lipinski definition) is 9. The van der Waals surface area contributed by atoms with Gasteiger partial charge in [-0.3, -0.25) is 15.6 Å². The van der Waals surface area contributed by atoms with Crippen molar-refractivity contribution >= 4 is 29.0 Å². The maximum atomic E-state index is 13.5. The summed E-state index contributed by atoms with van der Waals surface area (Å²) >= 11 is 1.56. The van der Waals surface area contributed by atoms with Crippen LogP contribution < -0.4 is 5.73 Å². The SMILES string of the molecule is Cc1csc([C@H]2CCCN2C(=O)c2cc(C(=N)OC(=N)[C@H](C)N)cc(-c3cnco3)c2)n1. The van der Waals surface area contributed by atoms with Crippen molar-refractivity contribution in [3.05, 3.63) is 58.0 Å². The van der Waals surface area contributed by atoms with Gasteiger partial charge in [0.1, 0.15) is 5.01 Å². The smallest absolute Gasteiger partial charge is 0.254 e. The molecule has 1 aliphatic heterocycles. The lowest BCUT2D eigenvalue weighted by Gasteiger charge is -2.24. The first-order valence-corrected chi connectivity index (χ1v) is 11.1. The lowest BCUT2D eigenvalue weighted by molar-refractivity contribution is 0.0735. The summed E-state index contributed by atoms with van der Waals surface area (Å²) in [5.41, 5.74) is 7.94. The van der Waals surface area contributed by atoms with Crippen molar-refractivity contribution in [2.75, 3.05) is 6.54 Å². The summed E-state index contributed by atoms with van der Waals surface area (Å²) in [6.45, 7) is 4.18. The Morgan fingerprint density at radius 1 is 1.34 bits per heavy atom. The van der Waals surface area contributed by atoms with E-state index >= 15 is 0 Å². The van der Waals surface area contributed by atoms with E-state index in [-0.39, 0.29) is 23.7 Å². The van der Waals surface area contributed by atoms with Crippen molar-refractivity contribution in [1.82, 2.24) is 14.9 Å². The van der Waals surface area contributed by atoms with Crippen LogP contribution >= 0.6 is 11.3 Å². The fourth-order valence-electron chi connectivity index (χ4n) is 3.60. The van der Waals surface area contributed by atoms with E-state index in [9.17, 15) is 4.79 Å². The Labute approximate surface area is 189 Å². The number of rotatable bonds is 5. The third kappa shape index (κ3) is 4.46. The predicted octanol–water partition coefficient (Wildman–Crippen LogP) is 3.75. The molecule has 0 spiro atoms. The van der Waals surface area contributed by atoms with Crippen molar-refractivity contribution in [2.45, 2.75) is 38.8 Å². The molecule has 1 fully saturated rings. The fraction of sp³-hybridized carbons (Fsp3) is 0.318. The zero-order chi connectivity index (χ0) is 22.8. The van der Waals surface area contributed by atoms with E-state index < -0.39 is 6.04 Å². The van der Waals surface area contributed by atoms with E-state index in [2.05, 4.69) is 9.97 Å². The van der Waals surface area contributed by atoms with Gasteiger partial charge < -0.3 is 19.8 Å². The normalized spacial score (nSPS) is 16.7. The van der Waals surface area contributed by atoms with Crippen LogP contribution in [0.1, 0.15) is 52.4 Å². The van der Waals surface area contributed by atoms with Crippen molar-refractivity contribution in [3.8, 4) is 11.3 Å². The molecule has 1 saturated heterocycles. The van der Waals surface area contributed by atoms with Crippen LogP contribution in [0.3, 0.4) is 0 Å². The first kappa shape index (κ1) is 21.8. The number of likely N-dealkylation sites (tertiary alicyclic amines) is 1. The lowest BCUT2D eigenvalue weighted by Crippen LogP contribution is -2.31. The van der Waals surface area contributed by atoms with Crippen LogP contribution in [0.15, 0.2) is 40.6 Å². The molecule has 4 rings (SSSR count). The van der Waals surface area contributed by atoms with Crippen molar-refractivity contribution in [1.29, 1.82) is 10.8 Å². The second-order valence-electron chi connectivity index (χ2n) is 7.73. The van der Waals surface area contributed by atoms with Gasteiger partial charge in [-0.05, 0) is 44.9 Å². The topological polar surface area (TPSA) is 142 Å². The standard InChI is InChI=1S/C22H24N6O3S/c1-12-10-32-21(27-12)17-4-3-5-28(17)22(29)16-7-14(18-9-26-11-30-18)6-15(8-16)20(25)31-19(24)13(2)23/h6-11,13,17,24-25H,3-5,23H2,1-2H3/t13-,17+/m0/s1. The molecular weight excluding hydrogens is 428 g/mol. The number of nitrogens with zero attached hydrogens (tertiary/aromatic N) is 3. The van der Waals surface area contributed by atoms with Crippen molar-refractivity contribution in [3.63, 3.8) is 0 Å². The second-order valence-corrected chi connectivity index (χ2v) is 8.62. The molecule has 2 aromatic heterocycles. The zero-order valence-corrected chi connectivity index (χ0v) is 18.6. The fourth-order valence-corrected chi connectivity index (χ4v) is 4.55. The molecule has 10 heteroatoms. The van der Waals surface area contributed by atoms with E-state index in [1.54, 1.807) is 42.7 Å².